The zero-order valence-corrected chi connectivity index (χ0v) is 18.7. The second-order valence-electron chi connectivity index (χ2n) is 7.64. The molecule has 0 bridgehead atoms. The predicted octanol–water partition coefficient (Wildman–Crippen LogP) is 4.96. The highest BCUT2D eigenvalue weighted by molar-refractivity contribution is 7.81. The van der Waals surface area contributed by atoms with E-state index in [0.717, 1.165) is 11.1 Å². The van der Waals surface area contributed by atoms with Crippen molar-refractivity contribution in [3.8, 4) is 0 Å². The quantitative estimate of drug-likeness (QED) is 0.182. The monoisotopic (exact) mass is 457 g/mol. The first-order valence-electron chi connectivity index (χ1n) is 10.1. The van der Waals surface area contributed by atoms with E-state index in [-0.39, 0.29) is 16.4 Å². The smallest absolute Gasteiger partial charge is 0.268 e. The van der Waals surface area contributed by atoms with E-state index in [4.69, 9.17) is 12.2 Å². The van der Waals surface area contributed by atoms with Crippen LogP contribution in [-0.4, -0.2) is 21.9 Å². The summed E-state index contributed by atoms with van der Waals surface area (Å²) in [7, 11) is 0. The Morgan fingerprint density at radius 2 is 1.18 bits per heavy atom. The van der Waals surface area contributed by atoms with E-state index in [2.05, 4.69) is 0 Å². The maximum Gasteiger partial charge on any atom is 0.270 e. The molecule has 3 aromatic carbocycles. The molecular formula is C25H19N3O4S. The normalized spacial score (nSPS) is 14.0. The minimum atomic E-state index is -0.560. The number of thiocarbonyl (C=S) groups is 1. The molecular weight excluding hydrogens is 438 g/mol. The molecule has 3 aromatic rings. The highest BCUT2D eigenvalue weighted by Crippen LogP contribution is 2.30. The Kier molecular flexibility index (Phi) is 5.85. The third-order valence-electron chi connectivity index (χ3n) is 5.25. The number of benzene rings is 3. The highest BCUT2D eigenvalue weighted by Gasteiger charge is 2.41. The van der Waals surface area contributed by atoms with E-state index in [1.807, 2.05) is 38.1 Å². The van der Waals surface area contributed by atoms with Gasteiger partial charge in [0.2, 0.25) is 0 Å². The summed E-state index contributed by atoms with van der Waals surface area (Å²) in [5, 5.41) is 11.0. The molecule has 8 heteroatoms. The lowest BCUT2D eigenvalue weighted by Gasteiger charge is -2.36. The minimum Gasteiger partial charge on any atom is -0.268 e. The summed E-state index contributed by atoms with van der Waals surface area (Å²) < 4.78 is 0. The van der Waals surface area contributed by atoms with E-state index < -0.39 is 16.7 Å². The molecule has 7 nitrogen and oxygen atoms in total. The average Bonchev–Trinajstić information content (AvgIpc) is 2.79. The van der Waals surface area contributed by atoms with Crippen molar-refractivity contribution in [1.29, 1.82) is 0 Å². The van der Waals surface area contributed by atoms with Crippen molar-refractivity contribution in [2.24, 2.45) is 0 Å². The van der Waals surface area contributed by atoms with Crippen LogP contribution >= 0.6 is 12.2 Å². The standard InChI is InChI=1S/C25H19N3O4S/c1-16-3-9-19(10-4-16)26-23(29)22(15-18-7-13-21(14-8-18)28(31)32)24(30)27(25(26)33)20-11-5-17(2)6-12-20/h3-15H,1-2H3. The molecule has 0 spiro atoms. The van der Waals surface area contributed by atoms with E-state index >= 15 is 0 Å². The molecule has 0 aromatic heterocycles. The van der Waals surface area contributed by atoms with Crippen LogP contribution in [0.25, 0.3) is 6.08 Å². The number of non-ortho nitro benzene ring substituents is 1. The SMILES string of the molecule is Cc1ccc(N2C(=O)C(=Cc3ccc([N+](=O)[O-])cc3)C(=O)N(c3ccc(C)cc3)C2=S)cc1. The number of aryl methyl sites for hydroxylation is 2. The van der Waals surface area contributed by atoms with Gasteiger partial charge in [0.05, 0.1) is 16.3 Å². The molecule has 0 saturated carbocycles. The Bertz CT molecular complexity index is 1230. The fourth-order valence-electron chi connectivity index (χ4n) is 3.43. The molecule has 0 radical (unpaired) electrons. The van der Waals surface area contributed by atoms with Crippen LogP contribution in [0.4, 0.5) is 17.1 Å². The first-order chi connectivity index (χ1) is 15.8. The summed E-state index contributed by atoms with van der Waals surface area (Å²) in [5.41, 5.74) is 3.41. The van der Waals surface area contributed by atoms with Gasteiger partial charge in [-0.25, -0.2) is 0 Å². The summed E-state index contributed by atoms with van der Waals surface area (Å²) >= 11 is 5.60. The van der Waals surface area contributed by atoms with Crippen molar-refractivity contribution >= 4 is 52.3 Å². The van der Waals surface area contributed by atoms with E-state index in [1.54, 1.807) is 24.3 Å². The number of nitro benzene ring substituents is 1. The van der Waals surface area contributed by atoms with Crippen LogP contribution in [0.2, 0.25) is 0 Å². The number of nitrogens with zero attached hydrogens (tertiary/aromatic N) is 3. The van der Waals surface area contributed by atoms with Gasteiger partial charge in [0.1, 0.15) is 5.57 Å². The number of carbonyl (C=O) groups is 2. The summed E-state index contributed by atoms with van der Waals surface area (Å²) in [4.78, 5) is 40.0. The van der Waals surface area contributed by atoms with Gasteiger partial charge in [0.15, 0.2) is 5.11 Å². The van der Waals surface area contributed by atoms with Crippen molar-refractivity contribution in [3.63, 3.8) is 0 Å². The topological polar surface area (TPSA) is 83.8 Å². The molecule has 1 heterocycles. The van der Waals surface area contributed by atoms with Crippen molar-refractivity contribution in [1.82, 2.24) is 0 Å². The Morgan fingerprint density at radius 3 is 1.58 bits per heavy atom. The van der Waals surface area contributed by atoms with Crippen LogP contribution in [0, 0.1) is 24.0 Å². The van der Waals surface area contributed by atoms with Crippen molar-refractivity contribution in [2.45, 2.75) is 13.8 Å². The number of anilines is 2. The van der Waals surface area contributed by atoms with E-state index in [0.29, 0.717) is 16.9 Å². The summed E-state index contributed by atoms with van der Waals surface area (Å²) in [5.74, 6) is -1.12. The Morgan fingerprint density at radius 1 is 0.758 bits per heavy atom. The van der Waals surface area contributed by atoms with Gasteiger partial charge < -0.3 is 0 Å². The molecule has 164 valence electrons. The van der Waals surface area contributed by atoms with Gasteiger partial charge in [0, 0.05) is 12.1 Å². The number of nitro groups is 1. The number of carbonyl (C=O) groups excluding carboxylic acids is 2. The van der Waals surface area contributed by atoms with Gasteiger partial charge in [-0.3, -0.25) is 29.5 Å². The molecule has 4 rings (SSSR count). The van der Waals surface area contributed by atoms with Gasteiger partial charge in [-0.15, -0.1) is 0 Å². The molecule has 1 saturated heterocycles. The molecule has 0 aliphatic carbocycles. The summed E-state index contributed by atoms with van der Waals surface area (Å²) in [6.07, 6.45) is 1.43. The summed E-state index contributed by atoms with van der Waals surface area (Å²) in [6.45, 7) is 3.87. The van der Waals surface area contributed by atoms with Crippen LogP contribution in [0.5, 0.6) is 0 Å². The van der Waals surface area contributed by atoms with Crippen LogP contribution in [-0.2, 0) is 9.59 Å². The third-order valence-corrected chi connectivity index (χ3v) is 5.61. The predicted molar refractivity (Wildman–Crippen MR) is 131 cm³/mol. The number of rotatable bonds is 4. The first kappa shape index (κ1) is 22.0. The van der Waals surface area contributed by atoms with Crippen LogP contribution in [0.1, 0.15) is 16.7 Å². The fourth-order valence-corrected chi connectivity index (χ4v) is 3.81. The summed E-state index contributed by atoms with van der Waals surface area (Å²) in [6, 6.07) is 20.1. The van der Waals surface area contributed by atoms with Gasteiger partial charge >= 0.3 is 0 Å². The molecule has 0 unspecified atom stereocenters. The second kappa shape index (κ2) is 8.76. The van der Waals surface area contributed by atoms with Gasteiger partial charge in [-0.2, -0.15) is 0 Å². The van der Waals surface area contributed by atoms with Gasteiger partial charge in [-0.1, -0.05) is 35.4 Å². The molecule has 2 amide bonds. The number of amides is 2. The lowest BCUT2D eigenvalue weighted by atomic mass is 10.0. The highest BCUT2D eigenvalue weighted by atomic mass is 32.1. The number of hydrogen-bond donors (Lipinski definition) is 0. The molecule has 33 heavy (non-hydrogen) atoms. The van der Waals surface area contributed by atoms with Crippen molar-refractivity contribution in [2.75, 3.05) is 9.80 Å². The molecule has 1 fully saturated rings. The second-order valence-corrected chi connectivity index (χ2v) is 8.01. The molecule has 1 aliphatic rings. The molecule has 0 atom stereocenters. The van der Waals surface area contributed by atoms with E-state index in [9.17, 15) is 19.7 Å². The Labute approximate surface area is 195 Å². The molecule has 1 aliphatic heterocycles. The maximum absolute atomic E-state index is 13.5. The van der Waals surface area contributed by atoms with Crippen LogP contribution < -0.4 is 9.80 Å². The molecule has 0 N–H and O–H groups in total. The third kappa shape index (κ3) is 4.28. The maximum atomic E-state index is 13.5. The van der Waals surface area contributed by atoms with Crippen molar-refractivity contribution in [3.05, 3.63) is 105 Å². The first-order valence-corrected chi connectivity index (χ1v) is 10.5. The Hall–Kier alpha value is -4.17. The lowest BCUT2D eigenvalue weighted by molar-refractivity contribution is -0.384. The van der Waals surface area contributed by atoms with Gasteiger partial charge in [0.25, 0.3) is 17.5 Å². The van der Waals surface area contributed by atoms with Gasteiger partial charge in [-0.05, 0) is 74.1 Å². The zero-order chi connectivity index (χ0) is 23.7. The van der Waals surface area contributed by atoms with Crippen LogP contribution in [0.15, 0.2) is 78.4 Å². The minimum absolute atomic E-state index is 0.0542. The largest absolute Gasteiger partial charge is 0.270 e. The van der Waals surface area contributed by atoms with Crippen LogP contribution in [0.3, 0.4) is 0 Å². The van der Waals surface area contributed by atoms with Crippen molar-refractivity contribution < 1.29 is 14.5 Å². The zero-order valence-electron chi connectivity index (χ0n) is 17.9. The van der Waals surface area contributed by atoms with E-state index in [1.165, 1.54) is 40.1 Å². The fraction of sp³-hybridized carbons (Fsp3) is 0.0800. The lowest BCUT2D eigenvalue weighted by Crippen LogP contribution is -2.56. The average molecular weight is 458 g/mol. The Balaban J connectivity index is 1.83. The number of hydrogen-bond acceptors (Lipinski definition) is 5.